The average molecular weight is 808 g/mol. The van der Waals surface area contributed by atoms with E-state index in [0.717, 1.165) is 11.1 Å². The van der Waals surface area contributed by atoms with Gasteiger partial charge in [-0.1, -0.05) is 136 Å². The maximum Gasteiger partial charge on any atom is 0.329 e. The first-order valence-corrected chi connectivity index (χ1v) is 20.7. The van der Waals surface area contributed by atoms with Gasteiger partial charge in [0.2, 0.25) is 29.5 Å². The summed E-state index contributed by atoms with van der Waals surface area (Å²) in [6, 6.07) is 13.5. The molecule has 0 aromatic heterocycles. The summed E-state index contributed by atoms with van der Waals surface area (Å²) in [5.41, 5.74) is 1.59. The number of aliphatic hydroxyl groups excluding tert-OH is 1. The molecule has 2 aromatic rings. The van der Waals surface area contributed by atoms with Crippen molar-refractivity contribution in [1.29, 1.82) is 0 Å². The normalized spacial score (nSPS) is 15.1. The van der Waals surface area contributed by atoms with Crippen molar-refractivity contribution in [2.24, 2.45) is 29.6 Å². The van der Waals surface area contributed by atoms with Gasteiger partial charge in [-0.15, -0.1) is 0 Å². The van der Waals surface area contributed by atoms with Crippen LogP contribution in [0, 0.1) is 29.6 Å². The number of hydrogen-bond donors (Lipinski definition) is 6. The topological polar surface area (TPSA) is 192 Å². The molecule has 7 atom stereocenters. The fraction of sp³-hybridized carbons (Fsp3) is 0.600. The lowest BCUT2D eigenvalue weighted by Gasteiger charge is -2.30. The number of ether oxygens (including phenoxy) is 1. The minimum absolute atomic E-state index is 0.0441. The molecule has 6 N–H and O–H groups in total. The summed E-state index contributed by atoms with van der Waals surface area (Å²) < 4.78 is 5.52. The molecular weight excluding hydrogens is 739 g/mol. The Morgan fingerprint density at radius 1 is 0.586 bits per heavy atom. The van der Waals surface area contributed by atoms with Crippen molar-refractivity contribution < 1.29 is 38.6 Å². The maximum absolute atomic E-state index is 13.9. The van der Waals surface area contributed by atoms with E-state index >= 15 is 0 Å². The predicted molar refractivity (Wildman–Crippen MR) is 225 cm³/mol. The lowest BCUT2D eigenvalue weighted by Crippen LogP contribution is -2.59. The Hall–Kier alpha value is -4.78. The second-order valence-electron chi connectivity index (χ2n) is 16.9. The third-order valence-corrected chi connectivity index (χ3v) is 9.94. The van der Waals surface area contributed by atoms with Gasteiger partial charge in [0.15, 0.2) is 0 Å². The lowest BCUT2D eigenvalue weighted by atomic mass is 9.95. The highest BCUT2D eigenvalue weighted by atomic mass is 16.5. The molecule has 0 aliphatic heterocycles. The van der Waals surface area contributed by atoms with Crippen LogP contribution in [0.5, 0.6) is 0 Å². The van der Waals surface area contributed by atoms with Crippen molar-refractivity contribution in [2.75, 3.05) is 0 Å². The van der Waals surface area contributed by atoms with Gasteiger partial charge in [0.25, 0.3) is 0 Å². The largest absolute Gasteiger partial charge is 0.459 e. The Balaban J connectivity index is 2.24. The highest BCUT2D eigenvalue weighted by molar-refractivity contribution is 5.93. The van der Waals surface area contributed by atoms with Gasteiger partial charge in [0.1, 0.15) is 30.8 Å². The number of nitrogens with one attached hydrogen (secondary N) is 5. The first kappa shape index (κ1) is 49.4. The zero-order chi connectivity index (χ0) is 43.5. The first-order valence-electron chi connectivity index (χ1n) is 20.7. The molecule has 2 unspecified atom stereocenters. The summed E-state index contributed by atoms with van der Waals surface area (Å²) in [6.07, 6.45) is -0.528. The Bertz CT molecular complexity index is 1600. The van der Waals surface area contributed by atoms with Crippen LogP contribution in [-0.2, 0) is 46.5 Å². The van der Waals surface area contributed by atoms with E-state index < -0.39 is 72.3 Å². The predicted octanol–water partition coefficient (Wildman–Crippen LogP) is 4.60. The molecule has 2 rings (SSSR count). The molecule has 322 valence electrons. The van der Waals surface area contributed by atoms with Crippen molar-refractivity contribution in [3.05, 3.63) is 71.8 Å². The van der Waals surface area contributed by atoms with Gasteiger partial charge in [-0.25, -0.2) is 4.79 Å². The highest BCUT2D eigenvalue weighted by Gasteiger charge is 2.35. The van der Waals surface area contributed by atoms with E-state index in [9.17, 15) is 33.9 Å². The molecule has 2 aromatic carbocycles. The molecule has 0 saturated heterocycles. The summed E-state index contributed by atoms with van der Waals surface area (Å²) in [4.78, 5) is 80.6. The zero-order valence-corrected chi connectivity index (χ0v) is 36.2. The van der Waals surface area contributed by atoms with Crippen LogP contribution in [0.4, 0.5) is 0 Å². The van der Waals surface area contributed by atoms with Gasteiger partial charge in [0.05, 0.1) is 18.6 Å². The van der Waals surface area contributed by atoms with Crippen LogP contribution in [0.1, 0.15) is 106 Å². The van der Waals surface area contributed by atoms with Crippen LogP contribution in [0.15, 0.2) is 60.7 Å². The van der Waals surface area contributed by atoms with Crippen LogP contribution < -0.4 is 26.6 Å². The summed E-state index contributed by atoms with van der Waals surface area (Å²) >= 11 is 0. The molecule has 0 heterocycles. The van der Waals surface area contributed by atoms with Crippen LogP contribution in [0.2, 0.25) is 0 Å². The fourth-order valence-electron chi connectivity index (χ4n) is 6.37. The van der Waals surface area contributed by atoms with Gasteiger partial charge >= 0.3 is 5.97 Å². The van der Waals surface area contributed by atoms with E-state index in [1.165, 1.54) is 0 Å². The standard InChI is InChI=1S/C45H69N5O8/c1-11-31(10)41(44(56)50-40(30(8)9)45(57)58-26-33-20-16-13-17-21-33)48-38(53)25-36(51)34(24-32-18-14-12-15-19-32)47-43(55)39(29(6)7)49-42(54)35(22-27(2)3)46-37(52)23-28(4)5/h12-21,27-31,34-36,39-41,51H,11,22-26H2,1-10H3,(H,46,52)(H,47,55)(H,48,53)(H,49,54)(H,50,56)/t31-,34-,35-,36-,39?,40?,41-/m0/s1. The van der Waals surface area contributed by atoms with Gasteiger partial charge in [-0.05, 0) is 53.6 Å². The lowest BCUT2D eigenvalue weighted by molar-refractivity contribution is -0.151. The molecule has 5 amide bonds. The van der Waals surface area contributed by atoms with Crippen LogP contribution >= 0.6 is 0 Å². The summed E-state index contributed by atoms with van der Waals surface area (Å²) in [7, 11) is 0. The highest BCUT2D eigenvalue weighted by Crippen LogP contribution is 2.16. The van der Waals surface area contributed by atoms with Crippen LogP contribution in [0.25, 0.3) is 0 Å². The third-order valence-electron chi connectivity index (χ3n) is 9.94. The minimum Gasteiger partial charge on any atom is -0.459 e. The first-order chi connectivity index (χ1) is 27.3. The van der Waals surface area contributed by atoms with Crippen molar-refractivity contribution in [2.45, 2.75) is 144 Å². The maximum atomic E-state index is 13.9. The molecule has 0 aliphatic rings. The van der Waals surface area contributed by atoms with E-state index in [4.69, 9.17) is 4.74 Å². The molecule has 0 radical (unpaired) electrons. The number of hydrogen-bond acceptors (Lipinski definition) is 8. The van der Waals surface area contributed by atoms with E-state index in [1.54, 1.807) is 34.6 Å². The molecule has 0 bridgehead atoms. The molecular formula is C45H69N5O8. The number of aliphatic hydroxyl groups is 1. The van der Waals surface area contributed by atoms with Crippen molar-refractivity contribution in [3.8, 4) is 0 Å². The van der Waals surface area contributed by atoms with Crippen LogP contribution in [-0.4, -0.2) is 76.9 Å². The number of benzene rings is 2. The van der Waals surface area contributed by atoms with Gasteiger partial charge in [-0.2, -0.15) is 0 Å². The SMILES string of the molecule is CC[C@H](C)[C@H](NC(=O)C[C@H](O)[C@H](Cc1ccccc1)NC(=O)C(NC(=O)[C@H](CC(C)C)NC(=O)CC(C)C)C(C)C)C(=O)NC(C(=O)OCc1ccccc1)C(C)C. The van der Waals surface area contributed by atoms with E-state index in [1.807, 2.05) is 95.3 Å². The van der Waals surface area contributed by atoms with E-state index in [0.29, 0.717) is 12.8 Å². The summed E-state index contributed by atoms with van der Waals surface area (Å²) in [5, 5.41) is 25.7. The second-order valence-corrected chi connectivity index (χ2v) is 16.9. The molecule has 13 heteroatoms. The fourth-order valence-corrected chi connectivity index (χ4v) is 6.37. The number of amides is 5. The smallest absolute Gasteiger partial charge is 0.329 e. The summed E-state index contributed by atoms with van der Waals surface area (Å²) in [6.45, 7) is 18.6. The number of carbonyl (C=O) groups is 6. The average Bonchev–Trinajstić information content (AvgIpc) is 3.16. The van der Waals surface area contributed by atoms with Gasteiger partial charge in [-0.3, -0.25) is 24.0 Å². The molecule has 0 spiro atoms. The molecule has 13 nitrogen and oxygen atoms in total. The quantitative estimate of drug-likeness (QED) is 0.0830. The zero-order valence-electron chi connectivity index (χ0n) is 36.2. The molecule has 0 aliphatic carbocycles. The number of carbonyl (C=O) groups excluding carboxylic acids is 6. The second kappa shape index (κ2) is 24.9. The Kier molecular flexibility index (Phi) is 21.2. The molecule has 0 fully saturated rings. The third kappa shape index (κ3) is 17.4. The van der Waals surface area contributed by atoms with E-state index in [-0.39, 0.29) is 54.9 Å². The van der Waals surface area contributed by atoms with E-state index in [2.05, 4.69) is 26.6 Å². The minimum atomic E-state index is -1.39. The monoisotopic (exact) mass is 808 g/mol. The number of esters is 1. The molecule has 58 heavy (non-hydrogen) atoms. The Morgan fingerprint density at radius 3 is 1.62 bits per heavy atom. The van der Waals surface area contributed by atoms with Crippen LogP contribution in [0.3, 0.4) is 0 Å². The van der Waals surface area contributed by atoms with Crippen molar-refractivity contribution in [1.82, 2.24) is 26.6 Å². The van der Waals surface area contributed by atoms with Gasteiger partial charge in [0, 0.05) is 6.42 Å². The number of rotatable bonds is 24. The molecule has 0 saturated carbocycles. The Labute approximate surface area is 345 Å². The Morgan fingerprint density at radius 2 is 1.10 bits per heavy atom. The van der Waals surface area contributed by atoms with Gasteiger partial charge < -0.3 is 36.4 Å². The van der Waals surface area contributed by atoms with Crippen molar-refractivity contribution >= 4 is 35.5 Å². The summed E-state index contributed by atoms with van der Waals surface area (Å²) in [5.74, 6) is -3.91. The van der Waals surface area contributed by atoms with Crippen molar-refractivity contribution in [3.63, 3.8) is 0 Å².